The normalized spacial score (nSPS) is 21.7. The van der Waals surface area contributed by atoms with Crippen LogP contribution in [0.1, 0.15) is 52.1 Å². The molecule has 1 heterocycles. The molecule has 28 heavy (non-hydrogen) atoms. The number of carbonyl (C=O) groups excluding carboxylic acids is 2. The number of nitrogens with one attached hydrogen (secondary N) is 1. The van der Waals surface area contributed by atoms with E-state index in [1.54, 1.807) is 20.8 Å². The average molecular weight is 392 g/mol. The summed E-state index contributed by atoms with van der Waals surface area (Å²) in [4.78, 5) is 38.3. The zero-order valence-corrected chi connectivity index (χ0v) is 16.6. The zero-order valence-electron chi connectivity index (χ0n) is 16.6. The van der Waals surface area contributed by atoms with Crippen LogP contribution in [-0.2, 0) is 14.3 Å². The summed E-state index contributed by atoms with van der Waals surface area (Å²) in [5, 5.41) is 22.1. The van der Waals surface area contributed by atoms with Crippen molar-refractivity contribution in [2.24, 2.45) is 0 Å². The summed E-state index contributed by atoms with van der Waals surface area (Å²) in [7, 11) is 0. The summed E-state index contributed by atoms with van der Waals surface area (Å²) in [5.41, 5.74) is 0.0291. The standard InChI is InChI=1S/C20H28N2O6/c1-12(23)16(21-19(27)28-20(2,3)4)17(24)22-14(10-11-15(22)18(25)26)13-8-6-5-7-9-13/h5-9,12,14-16,23H,10-11H2,1-4H3,(H,21,27)(H,25,26)/t12?,14-,15+,16?/m0/s1. The molecule has 8 nitrogen and oxygen atoms in total. The highest BCUT2D eigenvalue weighted by Gasteiger charge is 2.45. The van der Waals surface area contributed by atoms with Crippen molar-refractivity contribution in [3.05, 3.63) is 35.9 Å². The number of hydrogen-bond donors (Lipinski definition) is 3. The van der Waals surface area contributed by atoms with E-state index in [0.717, 1.165) is 5.56 Å². The van der Waals surface area contributed by atoms with Crippen molar-refractivity contribution in [1.29, 1.82) is 0 Å². The molecule has 0 bridgehead atoms. The molecule has 0 aliphatic carbocycles. The van der Waals surface area contributed by atoms with Crippen molar-refractivity contribution in [3.8, 4) is 0 Å². The van der Waals surface area contributed by atoms with Gasteiger partial charge in [0.1, 0.15) is 17.7 Å². The predicted octanol–water partition coefficient (Wildman–Crippen LogP) is 2.08. The van der Waals surface area contributed by atoms with Crippen molar-refractivity contribution >= 4 is 18.0 Å². The van der Waals surface area contributed by atoms with E-state index in [1.165, 1.54) is 11.8 Å². The summed E-state index contributed by atoms with van der Waals surface area (Å²) >= 11 is 0. The smallest absolute Gasteiger partial charge is 0.408 e. The van der Waals surface area contributed by atoms with Gasteiger partial charge in [0, 0.05) is 0 Å². The molecular formula is C20H28N2O6. The van der Waals surface area contributed by atoms with Crippen LogP contribution in [0.15, 0.2) is 30.3 Å². The molecule has 1 aromatic rings. The molecule has 0 radical (unpaired) electrons. The maximum Gasteiger partial charge on any atom is 0.408 e. The molecule has 1 aliphatic heterocycles. The Bertz CT molecular complexity index is 713. The molecule has 3 N–H and O–H groups in total. The number of rotatable bonds is 5. The van der Waals surface area contributed by atoms with Gasteiger partial charge in [0.15, 0.2) is 0 Å². The highest BCUT2D eigenvalue weighted by molar-refractivity contribution is 5.90. The third kappa shape index (κ3) is 5.22. The quantitative estimate of drug-likeness (QED) is 0.706. The van der Waals surface area contributed by atoms with Crippen molar-refractivity contribution in [1.82, 2.24) is 10.2 Å². The van der Waals surface area contributed by atoms with E-state index < -0.39 is 47.8 Å². The number of carboxylic acid groups (broad SMARTS) is 1. The molecule has 0 spiro atoms. The molecule has 1 fully saturated rings. The number of amides is 2. The van der Waals surface area contributed by atoms with Gasteiger partial charge in [0.05, 0.1) is 12.1 Å². The first-order chi connectivity index (χ1) is 13.0. The summed E-state index contributed by atoms with van der Waals surface area (Å²) in [5.74, 6) is -1.77. The Labute approximate surface area is 164 Å². The third-order valence-corrected chi connectivity index (χ3v) is 4.53. The Morgan fingerprint density at radius 1 is 1.18 bits per heavy atom. The highest BCUT2D eigenvalue weighted by Crippen LogP contribution is 2.37. The molecule has 4 atom stereocenters. The lowest BCUT2D eigenvalue weighted by atomic mass is 10.0. The van der Waals surface area contributed by atoms with Gasteiger partial charge in [0.25, 0.3) is 0 Å². The first-order valence-electron chi connectivity index (χ1n) is 9.28. The third-order valence-electron chi connectivity index (χ3n) is 4.53. The highest BCUT2D eigenvalue weighted by atomic mass is 16.6. The molecule has 1 saturated heterocycles. The van der Waals surface area contributed by atoms with E-state index in [4.69, 9.17) is 4.74 Å². The molecule has 2 rings (SSSR count). The molecule has 154 valence electrons. The molecule has 2 amide bonds. The number of carboxylic acids is 1. The number of benzene rings is 1. The van der Waals surface area contributed by atoms with E-state index in [9.17, 15) is 24.6 Å². The number of aliphatic hydroxyl groups excluding tert-OH is 1. The van der Waals surface area contributed by atoms with Crippen molar-refractivity contribution < 1.29 is 29.3 Å². The first kappa shape index (κ1) is 21.7. The second kappa shape index (κ2) is 8.60. The van der Waals surface area contributed by atoms with E-state index in [1.807, 2.05) is 30.3 Å². The van der Waals surface area contributed by atoms with Crippen LogP contribution < -0.4 is 5.32 Å². The molecule has 2 unspecified atom stereocenters. The summed E-state index contributed by atoms with van der Waals surface area (Å²) < 4.78 is 5.17. The molecule has 8 heteroatoms. The van der Waals surface area contributed by atoms with Gasteiger partial charge in [-0.3, -0.25) is 4.79 Å². The minimum Gasteiger partial charge on any atom is -0.480 e. The predicted molar refractivity (Wildman–Crippen MR) is 102 cm³/mol. The van der Waals surface area contributed by atoms with Gasteiger partial charge < -0.3 is 25.2 Å². The Morgan fingerprint density at radius 2 is 1.79 bits per heavy atom. The number of nitrogens with zero attached hydrogens (tertiary/aromatic N) is 1. The van der Waals surface area contributed by atoms with E-state index >= 15 is 0 Å². The zero-order chi connectivity index (χ0) is 21.1. The van der Waals surface area contributed by atoms with Crippen LogP contribution in [0.4, 0.5) is 4.79 Å². The summed E-state index contributed by atoms with van der Waals surface area (Å²) in [6.45, 7) is 6.40. The Balaban J connectivity index is 2.30. The van der Waals surface area contributed by atoms with E-state index in [0.29, 0.717) is 12.8 Å². The molecular weight excluding hydrogens is 364 g/mol. The molecule has 0 aromatic heterocycles. The minimum absolute atomic E-state index is 0.291. The molecule has 1 aromatic carbocycles. The second-order valence-electron chi connectivity index (χ2n) is 7.97. The van der Waals surface area contributed by atoms with Crippen LogP contribution in [0.5, 0.6) is 0 Å². The van der Waals surface area contributed by atoms with Gasteiger partial charge in [-0.15, -0.1) is 0 Å². The number of likely N-dealkylation sites (tertiary alicyclic amines) is 1. The fourth-order valence-electron chi connectivity index (χ4n) is 3.35. The second-order valence-corrected chi connectivity index (χ2v) is 7.97. The summed E-state index contributed by atoms with van der Waals surface area (Å²) in [6.07, 6.45) is -1.31. The maximum atomic E-state index is 13.2. The fraction of sp³-hybridized carbons (Fsp3) is 0.550. The Hall–Kier alpha value is -2.61. The number of hydrogen-bond acceptors (Lipinski definition) is 5. The SMILES string of the molecule is CC(O)C(NC(=O)OC(C)(C)C)C(=O)N1[C@@H](C(=O)O)CC[C@H]1c1ccccc1. The van der Waals surface area contributed by atoms with Gasteiger partial charge >= 0.3 is 12.1 Å². The number of alkyl carbamates (subject to hydrolysis) is 1. The molecule has 1 aliphatic rings. The van der Waals surface area contributed by atoms with Crippen molar-refractivity contribution in [3.63, 3.8) is 0 Å². The molecule has 0 saturated carbocycles. The largest absolute Gasteiger partial charge is 0.480 e. The number of aliphatic hydroxyl groups is 1. The van der Waals surface area contributed by atoms with Crippen molar-refractivity contribution in [2.75, 3.05) is 0 Å². The van der Waals surface area contributed by atoms with Gasteiger partial charge in [-0.25, -0.2) is 9.59 Å². The average Bonchev–Trinajstić information content (AvgIpc) is 3.03. The Kier molecular flexibility index (Phi) is 6.66. The monoisotopic (exact) mass is 392 g/mol. The van der Waals surface area contributed by atoms with E-state index in [-0.39, 0.29) is 0 Å². The number of carbonyl (C=O) groups is 3. The van der Waals surface area contributed by atoms with Crippen LogP contribution in [0, 0.1) is 0 Å². The van der Waals surface area contributed by atoms with Gasteiger partial charge in [0.2, 0.25) is 5.91 Å². The van der Waals surface area contributed by atoms with Crippen LogP contribution in [0.2, 0.25) is 0 Å². The van der Waals surface area contributed by atoms with Gasteiger partial charge in [-0.05, 0) is 46.1 Å². The maximum absolute atomic E-state index is 13.2. The lowest BCUT2D eigenvalue weighted by Crippen LogP contribution is -2.56. The Morgan fingerprint density at radius 3 is 2.29 bits per heavy atom. The lowest BCUT2D eigenvalue weighted by Gasteiger charge is -2.33. The van der Waals surface area contributed by atoms with Crippen LogP contribution in [0.25, 0.3) is 0 Å². The summed E-state index contributed by atoms with van der Waals surface area (Å²) in [6, 6.07) is 6.33. The van der Waals surface area contributed by atoms with Crippen molar-refractivity contribution in [2.45, 2.75) is 70.4 Å². The van der Waals surface area contributed by atoms with Crippen LogP contribution >= 0.6 is 0 Å². The number of ether oxygens (including phenoxy) is 1. The van der Waals surface area contributed by atoms with Crippen LogP contribution in [-0.4, -0.2) is 56.9 Å². The topological polar surface area (TPSA) is 116 Å². The van der Waals surface area contributed by atoms with Gasteiger partial charge in [-0.2, -0.15) is 0 Å². The first-order valence-corrected chi connectivity index (χ1v) is 9.28. The lowest BCUT2D eigenvalue weighted by molar-refractivity contribution is -0.151. The van der Waals surface area contributed by atoms with E-state index in [2.05, 4.69) is 5.32 Å². The fourth-order valence-corrected chi connectivity index (χ4v) is 3.35. The van der Waals surface area contributed by atoms with Gasteiger partial charge in [-0.1, -0.05) is 30.3 Å². The number of aliphatic carboxylic acids is 1. The minimum atomic E-state index is -1.32. The van der Waals surface area contributed by atoms with Crippen LogP contribution in [0.3, 0.4) is 0 Å².